The summed E-state index contributed by atoms with van der Waals surface area (Å²) in [7, 11) is 0. The van der Waals surface area contributed by atoms with Crippen LogP contribution in [0.2, 0.25) is 0 Å². The van der Waals surface area contributed by atoms with Gasteiger partial charge in [0.25, 0.3) is 0 Å². The smallest absolute Gasteiger partial charge is 0.185 e. The van der Waals surface area contributed by atoms with Crippen molar-refractivity contribution in [3.8, 4) is 34.5 Å². The van der Waals surface area contributed by atoms with Crippen molar-refractivity contribution in [2.45, 2.75) is 78.2 Å². The number of nitrogens with one attached hydrogen (secondary N) is 12. The zero-order valence-corrected chi connectivity index (χ0v) is 50.5. The normalized spacial score (nSPS) is 10.7. The Bertz CT molecular complexity index is 2850. The molecule has 7 aromatic carbocycles. The van der Waals surface area contributed by atoms with Gasteiger partial charge in [-0.2, -0.15) is 0 Å². The van der Waals surface area contributed by atoms with E-state index in [9.17, 15) is 0 Å². The molecule has 0 radical (unpaired) electrons. The number of rotatable bonds is 36. The lowest BCUT2D eigenvalue weighted by Crippen LogP contribution is -2.31. The minimum Gasteiger partial charge on any atom is -0.489 e. The molecule has 24 heteroatoms. The number of benzene rings is 7. The molecular weight excluding hydrogens is 1140 g/mol. The fourth-order valence-corrected chi connectivity index (χ4v) is 9.63. The van der Waals surface area contributed by atoms with Gasteiger partial charge in [0.1, 0.15) is 74.1 Å². The fourth-order valence-electron chi connectivity index (χ4n) is 9.63. The van der Waals surface area contributed by atoms with Crippen molar-refractivity contribution < 1.29 is 28.4 Å². The standard InChI is InChI=1S/C66H84N18O6/c67-61(68)79-31-25-43-1-13-49(14-2-43)85-37-55-56(38-86-50-15-3-44(4-16-50)26-32-80-62(69)70)58(40-88-52-19-7-46(8-20-52)28-34-82-64(73)74)60(42-90-54-23-11-48(12-24-54)30-36-84-66(77)78)59(41-89-53-21-9-47(10-22-53)29-35-83-65(75)76)57(55)39-87-51-17-5-45(6-18-51)27-33-81-63(71)72/h1-24H,25-42H2,(H4,67,68,79)(H4,69,70,80)(H4,71,72,81)(H4,73,74,82)(H4,75,76,83)(H4,77,78,84). The van der Waals surface area contributed by atoms with Crippen LogP contribution in [0.25, 0.3) is 0 Å². The maximum atomic E-state index is 7.62. The van der Waals surface area contributed by atoms with Crippen molar-refractivity contribution >= 4 is 35.8 Å². The van der Waals surface area contributed by atoms with Crippen LogP contribution in [0.5, 0.6) is 34.5 Å². The molecule has 474 valence electrons. The van der Waals surface area contributed by atoms with E-state index in [1.54, 1.807) is 0 Å². The summed E-state index contributed by atoms with van der Waals surface area (Å²) in [6.45, 7) is 3.19. The van der Waals surface area contributed by atoms with Crippen LogP contribution in [-0.4, -0.2) is 75.0 Å². The number of nitrogens with two attached hydrogens (primary N) is 6. The molecule has 0 atom stereocenters. The zero-order chi connectivity index (χ0) is 64.0. The predicted molar refractivity (Wildman–Crippen MR) is 353 cm³/mol. The number of hydrogen-bond acceptors (Lipinski definition) is 12. The van der Waals surface area contributed by atoms with E-state index in [0.29, 0.717) is 112 Å². The maximum absolute atomic E-state index is 7.62. The van der Waals surface area contributed by atoms with Crippen molar-refractivity contribution in [3.05, 3.63) is 212 Å². The van der Waals surface area contributed by atoms with E-state index in [1.807, 2.05) is 146 Å². The highest BCUT2D eigenvalue weighted by Crippen LogP contribution is 2.36. The van der Waals surface area contributed by atoms with E-state index in [-0.39, 0.29) is 75.4 Å². The summed E-state index contributed by atoms with van der Waals surface area (Å²) in [5.74, 6) is 3.01. The number of ether oxygens (including phenoxy) is 6. The molecule has 24 N–H and O–H groups in total. The quantitative estimate of drug-likeness (QED) is 0.0175. The van der Waals surface area contributed by atoms with Gasteiger partial charge in [-0.3, -0.25) is 32.5 Å². The molecule has 0 bridgehead atoms. The lowest BCUT2D eigenvalue weighted by molar-refractivity contribution is 0.249. The fraction of sp³-hybridized carbons (Fsp3) is 0.273. The summed E-state index contributed by atoms with van der Waals surface area (Å²) in [5, 5.41) is 62.9. The van der Waals surface area contributed by atoms with Crippen molar-refractivity contribution in [1.82, 2.24) is 31.9 Å². The van der Waals surface area contributed by atoms with Crippen molar-refractivity contribution in [2.75, 3.05) is 39.3 Å². The zero-order valence-electron chi connectivity index (χ0n) is 50.5. The van der Waals surface area contributed by atoms with Gasteiger partial charge in [0.15, 0.2) is 35.8 Å². The van der Waals surface area contributed by atoms with Crippen LogP contribution < -0.4 is 94.7 Å². The van der Waals surface area contributed by atoms with Gasteiger partial charge in [-0.15, -0.1) is 0 Å². The lowest BCUT2D eigenvalue weighted by atomic mass is 9.87. The minimum atomic E-state index is -0.0976. The molecule has 0 saturated heterocycles. The SMILES string of the molecule is N=C(N)NCCc1ccc(OCc2c(COc3ccc(CCNC(=N)N)cc3)c(COc3ccc(CCNC(=N)N)cc3)c(COc3ccc(CCNC(=N)N)cc3)c(COc3ccc(CCNC(=N)N)cc3)c2COc2ccc(CCNC(=N)N)cc2)cc1. The topological polar surface area (TPSA) is 427 Å². The Balaban J connectivity index is 1.40. The summed E-state index contributed by atoms with van der Waals surface area (Å²) in [6.07, 6.45) is 3.80. The largest absolute Gasteiger partial charge is 0.489 e. The van der Waals surface area contributed by atoms with Gasteiger partial charge in [-0.25, -0.2) is 0 Å². The third kappa shape index (κ3) is 23.0. The third-order valence-corrected chi connectivity index (χ3v) is 14.4. The molecule has 0 fully saturated rings. The molecule has 24 nitrogen and oxygen atoms in total. The summed E-state index contributed by atoms with van der Waals surface area (Å²) in [6, 6.07) is 46.8. The molecule has 0 heterocycles. The molecule has 90 heavy (non-hydrogen) atoms. The summed E-state index contributed by atoms with van der Waals surface area (Å²) >= 11 is 0. The minimum absolute atomic E-state index is 0.0415. The van der Waals surface area contributed by atoms with Gasteiger partial charge in [0.2, 0.25) is 0 Å². The number of guanidine groups is 6. The van der Waals surface area contributed by atoms with E-state index in [0.717, 1.165) is 66.8 Å². The van der Waals surface area contributed by atoms with E-state index < -0.39 is 0 Å². The highest BCUT2D eigenvalue weighted by atomic mass is 16.5. The van der Waals surface area contributed by atoms with Gasteiger partial charge in [0.05, 0.1) is 0 Å². The van der Waals surface area contributed by atoms with Crippen LogP contribution in [0, 0.1) is 32.5 Å². The predicted octanol–water partition coefficient (Wildman–Crippen LogP) is 5.31. The lowest BCUT2D eigenvalue weighted by Gasteiger charge is -2.28. The van der Waals surface area contributed by atoms with Crippen LogP contribution in [-0.2, 0) is 78.2 Å². The van der Waals surface area contributed by atoms with Crippen LogP contribution in [0.1, 0.15) is 66.8 Å². The molecule has 0 spiro atoms. The second-order valence-electron chi connectivity index (χ2n) is 21.0. The Morgan fingerprint density at radius 3 is 0.456 bits per heavy atom. The first-order chi connectivity index (χ1) is 43.5. The van der Waals surface area contributed by atoms with Crippen LogP contribution in [0.3, 0.4) is 0 Å². The van der Waals surface area contributed by atoms with E-state index in [4.69, 9.17) is 95.3 Å². The first kappa shape index (κ1) is 66.5. The highest BCUT2D eigenvalue weighted by Gasteiger charge is 2.27. The van der Waals surface area contributed by atoms with E-state index >= 15 is 0 Å². The molecule has 0 aliphatic carbocycles. The van der Waals surface area contributed by atoms with Gasteiger partial charge < -0.3 is 94.7 Å². The molecule has 0 aliphatic heterocycles. The summed E-state index contributed by atoms with van der Waals surface area (Å²) < 4.78 is 41.2. The second kappa shape index (κ2) is 34.9. The second-order valence-corrected chi connectivity index (χ2v) is 21.0. The van der Waals surface area contributed by atoms with Crippen LogP contribution in [0.4, 0.5) is 0 Å². The third-order valence-electron chi connectivity index (χ3n) is 14.4. The maximum Gasteiger partial charge on any atom is 0.185 e. The molecule has 0 aliphatic rings. The molecule has 0 aromatic heterocycles. The summed E-state index contributed by atoms with van der Waals surface area (Å²) in [4.78, 5) is 0. The van der Waals surface area contributed by atoms with Crippen molar-refractivity contribution in [2.24, 2.45) is 34.4 Å². The van der Waals surface area contributed by atoms with Crippen LogP contribution >= 0.6 is 0 Å². The van der Waals surface area contributed by atoms with Crippen molar-refractivity contribution in [1.29, 1.82) is 32.5 Å². The molecule has 0 unspecified atom stereocenters. The van der Waals surface area contributed by atoms with Gasteiger partial charge >= 0.3 is 0 Å². The van der Waals surface area contributed by atoms with Gasteiger partial charge in [-0.1, -0.05) is 72.8 Å². The van der Waals surface area contributed by atoms with Crippen LogP contribution in [0.15, 0.2) is 146 Å². The first-order valence-electron chi connectivity index (χ1n) is 29.5. The molecule has 7 aromatic rings. The Morgan fingerprint density at radius 1 is 0.222 bits per heavy atom. The first-order valence-corrected chi connectivity index (χ1v) is 29.5. The Kier molecular flexibility index (Phi) is 25.8. The average molecular weight is 1230 g/mol. The average Bonchev–Trinajstić information content (AvgIpc) is 1.98. The Hall–Kier alpha value is -11.0. The van der Waals surface area contributed by atoms with E-state index in [2.05, 4.69) is 31.9 Å². The molecule has 0 amide bonds. The molecule has 0 saturated carbocycles. The van der Waals surface area contributed by atoms with Gasteiger partial charge in [-0.05, 0) is 145 Å². The monoisotopic (exact) mass is 1220 g/mol. The Morgan fingerprint density at radius 2 is 0.344 bits per heavy atom. The number of hydrogen-bond donors (Lipinski definition) is 18. The molecule has 7 rings (SSSR count). The van der Waals surface area contributed by atoms with Gasteiger partial charge in [0, 0.05) is 72.6 Å². The summed E-state index contributed by atoms with van der Waals surface area (Å²) in [5.41, 5.74) is 44.1. The highest BCUT2D eigenvalue weighted by molar-refractivity contribution is 5.76. The van der Waals surface area contributed by atoms with E-state index in [1.165, 1.54) is 0 Å². The van der Waals surface area contributed by atoms with Crippen molar-refractivity contribution in [3.63, 3.8) is 0 Å². The molecular formula is C66H84N18O6. The Labute approximate surface area is 525 Å².